The molecule has 0 aliphatic carbocycles. The van der Waals surface area contributed by atoms with E-state index in [0.717, 1.165) is 5.56 Å². The van der Waals surface area contributed by atoms with Crippen LogP contribution in [0, 0.1) is 11.6 Å². The van der Waals surface area contributed by atoms with Crippen molar-refractivity contribution in [2.75, 3.05) is 5.75 Å². The molecule has 4 rings (SSSR count). The van der Waals surface area contributed by atoms with Crippen LogP contribution in [0.1, 0.15) is 11.1 Å². The average molecular weight is 438 g/mol. The molecule has 2 aromatic carbocycles. The third kappa shape index (κ3) is 5.11. The summed E-state index contributed by atoms with van der Waals surface area (Å²) in [5.41, 5.74) is 2.47. The molecule has 0 radical (unpaired) electrons. The summed E-state index contributed by atoms with van der Waals surface area (Å²) in [7, 11) is -1.11. The second kappa shape index (κ2) is 9.31. The quantitative estimate of drug-likeness (QED) is 0.578. The Morgan fingerprint density at radius 3 is 2.39 bits per heavy atom. The van der Waals surface area contributed by atoms with Gasteiger partial charge in [-0.15, -0.1) is 0 Å². The van der Waals surface area contributed by atoms with Crippen molar-refractivity contribution in [3.05, 3.63) is 101 Å². The third-order valence-corrected chi connectivity index (χ3v) is 6.31. The van der Waals surface area contributed by atoms with Gasteiger partial charge >= 0.3 is 0 Å². The normalized spacial score (nSPS) is 17.6. The Hall–Kier alpha value is -3.19. The van der Waals surface area contributed by atoms with E-state index in [-0.39, 0.29) is 29.8 Å². The van der Waals surface area contributed by atoms with Crippen molar-refractivity contribution < 1.29 is 17.8 Å². The number of hydrogen-bond acceptors (Lipinski definition) is 3. The van der Waals surface area contributed by atoms with Crippen molar-refractivity contribution in [2.45, 2.75) is 19.0 Å². The first-order chi connectivity index (χ1) is 15.0. The molecule has 1 aromatic heterocycles. The molecule has 0 bridgehead atoms. The number of aromatic nitrogens is 1. The summed E-state index contributed by atoms with van der Waals surface area (Å²) in [4.78, 5) is 18.7. The van der Waals surface area contributed by atoms with Crippen LogP contribution in [0.15, 0.2) is 78.5 Å². The number of benzene rings is 2. The van der Waals surface area contributed by atoms with Gasteiger partial charge in [0.15, 0.2) is 0 Å². The smallest absolute Gasteiger partial charge is 0.227 e. The van der Waals surface area contributed by atoms with Gasteiger partial charge in [-0.3, -0.25) is 14.0 Å². The highest BCUT2D eigenvalue weighted by atomic mass is 32.2. The Morgan fingerprint density at radius 2 is 1.74 bits per heavy atom. The zero-order chi connectivity index (χ0) is 21.8. The molecule has 158 valence electrons. The molecule has 1 amide bonds. The monoisotopic (exact) mass is 438 g/mol. The molecular formula is C24H20F2N2O2S. The molecule has 0 saturated heterocycles. The molecule has 0 spiro atoms. The van der Waals surface area contributed by atoms with Gasteiger partial charge in [-0.1, -0.05) is 30.3 Å². The second-order valence-corrected chi connectivity index (χ2v) is 8.68. The predicted molar refractivity (Wildman–Crippen MR) is 116 cm³/mol. The predicted octanol–water partition coefficient (Wildman–Crippen LogP) is 4.24. The minimum absolute atomic E-state index is 0.114. The molecule has 2 unspecified atom stereocenters. The highest BCUT2D eigenvalue weighted by molar-refractivity contribution is 7.88. The molecule has 4 nitrogen and oxygen atoms in total. The van der Waals surface area contributed by atoms with Crippen LogP contribution in [0.25, 0.3) is 11.1 Å². The van der Waals surface area contributed by atoms with Gasteiger partial charge in [-0.25, -0.2) is 8.78 Å². The highest BCUT2D eigenvalue weighted by Gasteiger charge is 2.27. The van der Waals surface area contributed by atoms with Crippen molar-refractivity contribution in [3.63, 3.8) is 0 Å². The average Bonchev–Trinajstić information content (AvgIpc) is 3.20. The summed E-state index contributed by atoms with van der Waals surface area (Å²) in [6.07, 6.45) is 4.95. The van der Waals surface area contributed by atoms with Crippen LogP contribution in [0.4, 0.5) is 8.78 Å². The van der Waals surface area contributed by atoms with E-state index >= 15 is 0 Å². The summed E-state index contributed by atoms with van der Waals surface area (Å²) in [6.45, 7) is 0.322. The van der Waals surface area contributed by atoms with Crippen molar-refractivity contribution >= 4 is 16.7 Å². The molecule has 2 heterocycles. The van der Waals surface area contributed by atoms with E-state index in [2.05, 4.69) is 4.98 Å². The van der Waals surface area contributed by atoms with E-state index in [1.165, 1.54) is 18.2 Å². The van der Waals surface area contributed by atoms with Crippen molar-refractivity contribution in [1.29, 1.82) is 0 Å². The molecule has 31 heavy (non-hydrogen) atoms. The van der Waals surface area contributed by atoms with E-state index < -0.39 is 16.6 Å². The number of amides is 1. The van der Waals surface area contributed by atoms with Gasteiger partial charge in [0.05, 0.1) is 18.2 Å². The minimum atomic E-state index is -1.11. The third-order valence-electron chi connectivity index (χ3n) is 5.18. The SMILES string of the molecule is O=C(Cc1ccc(-c2ccc(F)cc2)cc1F)N(Cc1ccncc1)C1C=CS(=O)C1. The first kappa shape index (κ1) is 21.1. The zero-order valence-corrected chi connectivity index (χ0v) is 17.4. The molecule has 0 saturated carbocycles. The Morgan fingerprint density at radius 1 is 1.03 bits per heavy atom. The Balaban J connectivity index is 1.54. The van der Waals surface area contributed by atoms with Gasteiger partial charge in [-0.05, 0) is 52.6 Å². The Labute approximate surface area is 181 Å². The molecule has 1 aliphatic heterocycles. The topological polar surface area (TPSA) is 50.3 Å². The Bertz CT molecular complexity index is 1130. The number of pyridine rings is 1. The first-order valence-corrected chi connectivity index (χ1v) is 11.2. The van der Waals surface area contributed by atoms with Gasteiger partial charge in [0.1, 0.15) is 11.6 Å². The molecule has 2 atom stereocenters. The van der Waals surface area contributed by atoms with Crippen molar-refractivity contribution in [3.8, 4) is 11.1 Å². The summed E-state index contributed by atoms with van der Waals surface area (Å²) in [5, 5.41) is 1.59. The molecular weight excluding hydrogens is 418 g/mol. The van der Waals surface area contributed by atoms with E-state index in [1.807, 2.05) is 12.1 Å². The van der Waals surface area contributed by atoms with Crippen LogP contribution in [0.2, 0.25) is 0 Å². The van der Waals surface area contributed by atoms with Crippen molar-refractivity contribution in [1.82, 2.24) is 9.88 Å². The van der Waals surface area contributed by atoms with Crippen LogP contribution in [0.5, 0.6) is 0 Å². The number of halogens is 2. The second-order valence-electron chi connectivity index (χ2n) is 7.31. The van der Waals surface area contributed by atoms with Crippen LogP contribution in [0.3, 0.4) is 0 Å². The van der Waals surface area contributed by atoms with E-state index in [1.54, 1.807) is 53.0 Å². The lowest BCUT2D eigenvalue weighted by molar-refractivity contribution is -0.132. The van der Waals surface area contributed by atoms with Gasteiger partial charge in [0.2, 0.25) is 5.91 Å². The van der Waals surface area contributed by atoms with Crippen LogP contribution < -0.4 is 0 Å². The summed E-state index contributed by atoms with van der Waals surface area (Å²) < 4.78 is 39.8. The molecule has 0 N–H and O–H groups in total. The Kier molecular flexibility index (Phi) is 6.32. The lowest BCUT2D eigenvalue weighted by Crippen LogP contribution is -2.41. The number of rotatable bonds is 6. The van der Waals surface area contributed by atoms with Gasteiger partial charge < -0.3 is 4.90 Å². The minimum Gasteiger partial charge on any atom is -0.331 e. The summed E-state index contributed by atoms with van der Waals surface area (Å²) in [6, 6.07) is 13.8. The fourth-order valence-electron chi connectivity index (χ4n) is 3.50. The molecule has 0 fully saturated rings. The fourth-order valence-corrected chi connectivity index (χ4v) is 4.60. The van der Waals surface area contributed by atoms with Crippen molar-refractivity contribution in [2.24, 2.45) is 0 Å². The standard InChI is InChI=1S/C24H20F2N2O2S/c25-21-5-3-18(4-6-21)19-1-2-20(23(26)13-19)14-24(29)28(22-9-12-31(30)16-22)15-17-7-10-27-11-8-17/h1-13,22H,14-16H2. The molecule has 7 heteroatoms. The molecule has 3 aromatic rings. The number of hydrogen-bond donors (Lipinski definition) is 0. The van der Waals surface area contributed by atoms with Gasteiger partial charge in [0.25, 0.3) is 0 Å². The summed E-state index contributed by atoms with van der Waals surface area (Å²) in [5.74, 6) is -0.769. The zero-order valence-electron chi connectivity index (χ0n) is 16.6. The number of nitrogens with zero attached hydrogens (tertiary/aromatic N) is 2. The van der Waals surface area contributed by atoms with Crippen LogP contribution in [-0.2, 0) is 28.6 Å². The van der Waals surface area contributed by atoms with Crippen LogP contribution >= 0.6 is 0 Å². The fraction of sp³-hybridized carbons (Fsp3) is 0.167. The molecule has 1 aliphatic rings. The maximum atomic E-state index is 14.8. The lowest BCUT2D eigenvalue weighted by Gasteiger charge is -2.28. The number of carbonyl (C=O) groups is 1. The maximum Gasteiger partial charge on any atom is 0.227 e. The van der Waals surface area contributed by atoms with Gasteiger partial charge in [0, 0.05) is 35.1 Å². The first-order valence-electron chi connectivity index (χ1n) is 9.78. The number of carbonyl (C=O) groups excluding carboxylic acids is 1. The van der Waals surface area contributed by atoms with E-state index in [0.29, 0.717) is 23.4 Å². The maximum absolute atomic E-state index is 14.8. The largest absolute Gasteiger partial charge is 0.331 e. The van der Waals surface area contributed by atoms with Crippen LogP contribution in [-0.4, -0.2) is 31.8 Å². The lowest BCUT2D eigenvalue weighted by atomic mass is 10.0. The van der Waals surface area contributed by atoms with E-state index in [9.17, 15) is 17.8 Å². The van der Waals surface area contributed by atoms with E-state index in [4.69, 9.17) is 0 Å². The highest BCUT2D eigenvalue weighted by Crippen LogP contribution is 2.24. The summed E-state index contributed by atoms with van der Waals surface area (Å²) >= 11 is 0. The van der Waals surface area contributed by atoms with Gasteiger partial charge in [-0.2, -0.15) is 0 Å².